The summed E-state index contributed by atoms with van der Waals surface area (Å²) in [4.78, 5) is 6.16. The lowest BCUT2D eigenvalue weighted by Crippen LogP contribution is -2.84. The van der Waals surface area contributed by atoms with E-state index in [1.54, 1.807) is 11.8 Å². The number of fused-ring (bicyclic) bond motifs is 3. The Morgan fingerprint density at radius 1 is 0.824 bits per heavy atom. The van der Waals surface area contributed by atoms with Crippen LogP contribution in [-0.2, 0) is 0 Å². The monoisotopic (exact) mass is 456 g/mol. The van der Waals surface area contributed by atoms with Gasteiger partial charge in [-0.1, -0.05) is 23.9 Å². The summed E-state index contributed by atoms with van der Waals surface area (Å²) >= 11 is 1.75. The third kappa shape index (κ3) is 1.44. The van der Waals surface area contributed by atoms with Crippen LogP contribution in [0.3, 0.4) is 0 Å². The van der Waals surface area contributed by atoms with Crippen molar-refractivity contribution in [2.24, 2.45) is 0 Å². The molecule has 0 saturated heterocycles. The first kappa shape index (κ1) is 16.4. The highest BCUT2D eigenvalue weighted by molar-refractivity contribution is 7.99. The van der Waals surface area contributed by atoms with Crippen LogP contribution < -0.4 is 18.8 Å². The molecule has 0 radical (unpaired) electrons. The second kappa shape index (κ2) is 4.99. The van der Waals surface area contributed by atoms with E-state index in [0.717, 1.165) is 33.6 Å². The molecule has 1 atom stereocenters. The van der Waals surface area contributed by atoms with Crippen LogP contribution in [0.25, 0.3) is 38.9 Å². The largest absolute Gasteiger partial charge is 0.442 e. The van der Waals surface area contributed by atoms with Crippen LogP contribution in [0.1, 0.15) is 0 Å². The Hall–Kier alpha value is -4.20. The number of rotatable bonds is 0. The van der Waals surface area contributed by atoms with Gasteiger partial charge >= 0.3 is 11.3 Å². The predicted molar refractivity (Wildman–Crippen MR) is 127 cm³/mol. The number of ether oxygens (including phenoxy) is 1. The van der Waals surface area contributed by atoms with Crippen LogP contribution in [0.4, 0.5) is 11.4 Å². The summed E-state index contributed by atoms with van der Waals surface area (Å²) in [6.07, 6.45) is 6.30. The van der Waals surface area contributed by atoms with Gasteiger partial charge in [-0.05, 0) is 42.5 Å². The number of aromatic nitrogens is 4. The van der Waals surface area contributed by atoms with Gasteiger partial charge < -0.3 is 4.74 Å². The highest BCUT2D eigenvalue weighted by Gasteiger charge is 2.70. The number of hydrogen-bond donors (Lipinski definition) is 0. The number of para-hydroxylation sites is 2. The van der Waals surface area contributed by atoms with E-state index in [2.05, 4.69) is 93.0 Å². The van der Waals surface area contributed by atoms with E-state index in [-0.39, 0.29) is 0 Å². The van der Waals surface area contributed by atoms with Crippen LogP contribution in [0.2, 0.25) is 0 Å². The molecule has 0 N–H and O–H groups in total. The van der Waals surface area contributed by atoms with Crippen LogP contribution in [-0.4, -0.2) is 9.55 Å². The standard InChI is InChI=1S/C27H14N5OS/c1-2-12-29-18(9-1)17-7-3-10-19-24(17)32(29)25-20(33-19)14-28-26-23(25)31-22-15(6-4-11-21(22)34-26)16-8-5-13-30(32)27(16)31/h1-14H/q+3. The van der Waals surface area contributed by atoms with E-state index in [1.165, 1.54) is 38.1 Å². The average molecular weight is 457 g/mol. The second-order valence-corrected chi connectivity index (χ2v) is 10.1. The average Bonchev–Trinajstić information content (AvgIpc) is 3.38. The minimum absolute atomic E-state index is 0.394. The summed E-state index contributed by atoms with van der Waals surface area (Å²) < 4.78 is 14.2. The lowest BCUT2D eigenvalue weighted by atomic mass is 10.1. The van der Waals surface area contributed by atoms with Gasteiger partial charge in [0.15, 0.2) is 22.5 Å². The van der Waals surface area contributed by atoms with E-state index >= 15 is 0 Å². The van der Waals surface area contributed by atoms with Crippen molar-refractivity contribution in [1.82, 2.24) is 14.3 Å². The maximum absolute atomic E-state index is 6.59. The fraction of sp³-hybridized carbons (Fsp3) is 0. The molecule has 1 spiro atoms. The van der Waals surface area contributed by atoms with Crippen LogP contribution >= 0.6 is 11.8 Å². The van der Waals surface area contributed by atoms with Gasteiger partial charge in [-0.15, -0.1) is 0 Å². The molecule has 4 aromatic heterocycles. The molecule has 156 valence electrons. The van der Waals surface area contributed by atoms with Gasteiger partial charge in [-0.25, -0.2) is 4.98 Å². The third-order valence-electron chi connectivity index (χ3n) is 7.64. The molecule has 1 unspecified atom stereocenters. The maximum atomic E-state index is 6.59. The molecule has 2 aromatic carbocycles. The Kier molecular flexibility index (Phi) is 2.41. The lowest BCUT2D eigenvalue weighted by Gasteiger charge is -2.32. The van der Waals surface area contributed by atoms with Crippen LogP contribution in [0.15, 0.2) is 95.2 Å². The molecule has 4 aliphatic rings. The van der Waals surface area contributed by atoms with E-state index in [0.29, 0.717) is 4.70 Å². The molecule has 0 saturated carbocycles. The molecule has 4 aliphatic heterocycles. The maximum Gasteiger partial charge on any atom is 0.352 e. The summed E-state index contributed by atoms with van der Waals surface area (Å²) in [7, 11) is 0. The summed E-state index contributed by atoms with van der Waals surface area (Å²) in [5.74, 6) is 1.67. The second-order valence-electron chi connectivity index (χ2n) is 9.09. The van der Waals surface area contributed by atoms with E-state index in [1.807, 2.05) is 6.20 Å². The van der Waals surface area contributed by atoms with Crippen molar-refractivity contribution in [1.29, 1.82) is 0 Å². The first-order chi connectivity index (χ1) is 16.9. The van der Waals surface area contributed by atoms with Gasteiger partial charge in [-0.3, -0.25) is 0 Å². The highest BCUT2D eigenvalue weighted by atomic mass is 32.2. The quantitative estimate of drug-likeness (QED) is 0.233. The van der Waals surface area contributed by atoms with Crippen LogP contribution in [0.5, 0.6) is 11.5 Å². The molecule has 34 heavy (non-hydrogen) atoms. The summed E-state index contributed by atoms with van der Waals surface area (Å²) in [5, 5.41) is 3.52. The highest BCUT2D eigenvalue weighted by Crippen LogP contribution is 2.61. The molecular weight excluding hydrogens is 442 g/mol. The number of nitrogens with zero attached hydrogens (tertiary/aromatic N) is 5. The molecule has 6 nitrogen and oxygen atoms in total. The first-order valence-corrected chi connectivity index (χ1v) is 12.1. The summed E-state index contributed by atoms with van der Waals surface area (Å²) in [5.41, 5.74) is 8.14. The number of hydrogen-bond acceptors (Lipinski definition) is 3. The van der Waals surface area contributed by atoms with Crippen molar-refractivity contribution in [3.8, 4) is 28.4 Å². The zero-order valence-corrected chi connectivity index (χ0v) is 18.5. The fourth-order valence-electron chi connectivity index (χ4n) is 6.54. The van der Waals surface area contributed by atoms with Crippen molar-refractivity contribution in [2.45, 2.75) is 9.92 Å². The third-order valence-corrected chi connectivity index (χ3v) is 8.69. The van der Waals surface area contributed by atoms with Gasteiger partial charge in [-0.2, -0.15) is 4.57 Å². The number of pyridine rings is 3. The summed E-state index contributed by atoms with van der Waals surface area (Å²) in [6.45, 7) is 0. The molecule has 0 bridgehead atoms. The Morgan fingerprint density at radius 2 is 1.74 bits per heavy atom. The lowest BCUT2D eigenvalue weighted by molar-refractivity contribution is -1.02. The van der Waals surface area contributed by atoms with E-state index in [9.17, 15) is 0 Å². The van der Waals surface area contributed by atoms with Crippen molar-refractivity contribution >= 4 is 45.1 Å². The molecular formula is C27H14N5OS+3. The van der Waals surface area contributed by atoms with Crippen molar-refractivity contribution in [3.63, 3.8) is 0 Å². The van der Waals surface area contributed by atoms with Crippen molar-refractivity contribution < 1.29 is 14.1 Å². The number of quaternary nitrogens is 1. The zero-order valence-electron chi connectivity index (χ0n) is 17.6. The van der Waals surface area contributed by atoms with E-state index in [4.69, 9.17) is 9.72 Å². The zero-order chi connectivity index (χ0) is 21.8. The van der Waals surface area contributed by atoms with Crippen LogP contribution in [0, 0.1) is 0 Å². The van der Waals surface area contributed by atoms with Crippen molar-refractivity contribution in [2.75, 3.05) is 0 Å². The molecule has 8 heterocycles. The Labute approximate surface area is 197 Å². The molecule has 10 rings (SSSR count). The van der Waals surface area contributed by atoms with Gasteiger partial charge in [0.1, 0.15) is 10.3 Å². The molecule has 0 amide bonds. The Morgan fingerprint density at radius 3 is 2.74 bits per heavy atom. The topological polar surface area (TPSA) is 34.8 Å². The minimum Gasteiger partial charge on any atom is -0.442 e. The molecule has 0 fully saturated rings. The molecule has 6 aromatic rings. The van der Waals surface area contributed by atoms with Gasteiger partial charge in [0.25, 0.3) is 11.4 Å². The molecule has 7 heteroatoms. The first-order valence-electron chi connectivity index (χ1n) is 11.3. The fourth-order valence-corrected chi connectivity index (χ4v) is 7.59. The number of benzene rings is 2. The summed E-state index contributed by atoms with van der Waals surface area (Å²) in [6, 6.07) is 23.8. The van der Waals surface area contributed by atoms with Gasteiger partial charge in [0.05, 0.1) is 16.5 Å². The minimum atomic E-state index is 0.394. The van der Waals surface area contributed by atoms with Gasteiger partial charge in [0, 0.05) is 26.9 Å². The SMILES string of the molecule is c1cc2c3c(c1)-c1cccc[n+]1[N+]31c3c(cnc4c3-n3c5c(cccc5c5ccc[n+]1c53)S4)O2. The smallest absolute Gasteiger partial charge is 0.352 e. The van der Waals surface area contributed by atoms with Crippen molar-refractivity contribution in [3.05, 3.63) is 85.3 Å². The van der Waals surface area contributed by atoms with Gasteiger partial charge in [0.2, 0.25) is 17.6 Å². The molecule has 0 aliphatic carbocycles. The Balaban J connectivity index is 1.59. The predicted octanol–water partition coefficient (Wildman–Crippen LogP) is 5.18. The van der Waals surface area contributed by atoms with E-state index < -0.39 is 0 Å². The normalized spacial score (nSPS) is 18.8. The Bertz CT molecular complexity index is 1990.